The molecule has 0 aliphatic heterocycles. The molecule has 0 aromatic heterocycles. The normalized spacial score (nSPS) is 12.6. The molecule has 0 unspecified atom stereocenters. The second kappa shape index (κ2) is 9.77. The number of ether oxygens (including phenoxy) is 1. The van der Waals surface area contributed by atoms with Crippen molar-refractivity contribution in [1.82, 2.24) is 5.48 Å². The van der Waals surface area contributed by atoms with Gasteiger partial charge in [-0.3, -0.25) is 4.84 Å². The van der Waals surface area contributed by atoms with Gasteiger partial charge in [0.1, 0.15) is 5.75 Å². The average Bonchev–Trinajstić information content (AvgIpc) is 2.46. The van der Waals surface area contributed by atoms with Crippen LogP contribution in [0.1, 0.15) is 37.0 Å². The third-order valence-corrected chi connectivity index (χ3v) is 3.21. The van der Waals surface area contributed by atoms with Gasteiger partial charge in [-0.2, -0.15) is 4.99 Å². The number of hydrogen-bond acceptors (Lipinski definition) is 3. The monoisotopic (exact) mass is 335 g/mol. The number of nitrogens with zero attached hydrogens (tertiary/aromatic N) is 2. The summed E-state index contributed by atoms with van der Waals surface area (Å²) in [6, 6.07) is 4.25. The van der Waals surface area contributed by atoms with Crippen LogP contribution in [0, 0.1) is 20.8 Å². The molecular weight excluding hydrogens is 306 g/mol. The summed E-state index contributed by atoms with van der Waals surface area (Å²) in [5, 5.41) is 0. The fraction of sp³-hybridized carbons (Fsp3) is 0.529. The van der Waals surface area contributed by atoms with Gasteiger partial charge in [0.25, 0.3) is 0 Å². The molecule has 0 saturated carbocycles. The molecule has 24 heavy (non-hydrogen) atoms. The fourth-order valence-electron chi connectivity index (χ4n) is 2.03. The van der Waals surface area contributed by atoms with Crippen molar-refractivity contribution < 1.29 is 9.57 Å². The summed E-state index contributed by atoms with van der Waals surface area (Å²) in [7, 11) is 0. The van der Waals surface area contributed by atoms with Gasteiger partial charge in [0, 0.05) is 12.5 Å². The Labute approximate surface area is 144 Å². The average molecular weight is 335 g/mol. The Morgan fingerprint density at radius 2 is 1.88 bits per heavy atom. The third-order valence-electron chi connectivity index (χ3n) is 3.21. The van der Waals surface area contributed by atoms with Crippen LogP contribution >= 0.6 is 0 Å². The van der Waals surface area contributed by atoms with Crippen LogP contribution < -0.4 is 21.7 Å². The zero-order chi connectivity index (χ0) is 18.1. The maximum atomic E-state index is 5.81. The number of nitrogens with two attached hydrogens (primary N) is 2. The highest BCUT2D eigenvalue weighted by molar-refractivity contribution is 5.92. The maximum Gasteiger partial charge on any atom is 0.221 e. The summed E-state index contributed by atoms with van der Waals surface area (Å²) in [5.74, 6) is 1.11. The highest BCUT2D eigenvalue weighted by Crippen LogP contribution is 2.23. The number of nitrogens with one attached hydrogen (secondary N) is 1. The molecule has 7 nitrogen and oxygen atoms in total. The van der Waals surface area contributed by atoms with Crippen molar-refractivity contribution >= 4 is 11.9 Å². The molecule has 134 valence electrons. The van der Waals surface area contributed by atoms with Crippen molar-refractivity contribution in [2.45, 2.75) is 47.1 Å². The van der Waals surface area contributed by atoms with E-state index in [2.05, 4.69) is 42.3 Å². The first-order valence-electron chi connectivity index (χ1n) is 8.05. The van der Waals surface area contributed by atoms with Crippen LogP contribution in [-0.4, -0.2) is 31.2 Å². The topological polar surface area (TPSA) is 107 Å². The SMILES string of the molecule is Cc1cc(C)c(C)c(OCCCONC(N)=NC(N)=NC(C)C)c1. The number of aryl methyl sites for hydroxylation is 2. The van der Waals surface area contributed by atoms with Crippen molar-refractivity contribution in [3.05, 3.63) is 28.8 Å². The van der Waals surface area contributed by atoms with E-state index in [9.17, 15) is 0 Å². The molecule has 5 N–H and O–H groups in total. The van der Waals surface area contributed by atoms with Gasteiger partial charge in [-0.25, -0.2) is 10.5 Å². The molecule has 0 radical (unpaired) electrons. The Bertz CT molecular complexity index is 597. The summed E-state index contributed by atoms with van der Waals surface area (Å²) < 4.78 is 5.81. The largest absolute Gasteiger partial charge is 0.493 e. The number of benzene rings is 1. The van der Waals surface area contributed by atoms with Gasteiger partial charge in [-0.05, 0) is 57.4 Å². The molecule has 0 bridgehead atoms. The molecule has 0 aliphatic rings. The lowest BCUT2D eigenvalue weighted by molar-refractivity contribution is 0.0738. The molecule has 7 heteroatoms. The first kappa shape index (κ1) is 19.8. The van der Waals surface area contributed by atoms with Gasteiger partial charge in [0.2, 0.25) is 11.9 Å². The molecule has 0 amide bonds. The minimum Gasteiger partial charge on any atom is -0.493 e. The zero-order valence-corrected chi connectivity index (χ0v) is 15.2. The van der Waals surface area contributed by atoms with E-state index in [0.717, 1.165) is 11.3 Å². The highest BCUT2D eigenvalue weighted by atomic mass is 16.6. The van der Waals surface area contributed by atoms with Crippen LogP contribution in [0.3, 0.4) is 0 Å². The van der Waals surface area contributed by atoms with Crippen molar-refractivity contribution in [2.24, 2.45) is 21.5 Å². The number of aliphatic imine (C=N–C) groups is 2. The molecule has 1 aromatic rings. The smallest absolute Gasteiger partial charge is 0.221 e. The van der Waals surface area contributed by atoms with Gasteiger partial charge in [0.15, 0.2) is 0 Å². The fourth-order valence-corrected chi connectivity index (χ4v) is 2.03. The summed E-state index contributed by atoms with van der Waals surface area (Å²) in [5.41, 5.74) is 17.3. The molecule has 0 heterocycles. The number of hydrogen-bond donors (Lipinski definition) is 3. The summed E-state index contributed by atoms with van der Waals surface area (Å²) in [4.78, 5) is 13.1. The molecule has 1 rings (SSSR count). The van der Waals surface area contributed by atoms with Gasteiger partial charge in [-0.15, -0.1) is 0 Å². The van der Waals surface area contributed by atoms with E-state index in [-0.39, 0.29) is 18.0 Å². The van der Waals surface area contributed by atoms with E-state index in [4.69, 9.17) is 21.0 Å². The van der Waals surface area contributed by atoms with Gasteiger partial charge in [-0.1, -0.05) is 6.07 Å². The van der Waals surface area contributed by atoms with Crippen LogP contribution in [0.15, 0.2) is 22.1 Å². The first-order valence-corrected chi connectivity index (χ1v) is 8.05. The van der Waals surface area contributed by atoms with Crippen LogP contribution in [-0.2, 0) is 4.84 Å². The lowest BCUT2D eigenvalue weighted by Crippen LogP contribution is -2.34. The van der Waals surface area contributed by atoms with Crippen LogP contribution in [0.4, 0.5) is 0 Å². The van der Waals surface area contributed by atoms with E-state index in [1.165, 1.54) is 11.1 Å². The Balaban J connectivity index is 2.29. The number of rotatable bonds is 7. The van der Waals surface area contributed by atoms with Crippen molar-refractivity contribution in [3.63, 3.8) is 0 Å². The Kier molecular flexibility index (Phi) is 8.05. The molecule has 0 aliphatic carbocycles. The molecular formula is C17H29N5O2. The van der Waals surface area contributed by atoms with Crippen LogP contribution in [0.5, 0.6) is 5.75 Å². The van der Waals surface area contributed by atoms with E-state index in [1.54, 1.807) is 0 Å². The molecule has 0 spiro atoms. The lowest BCUT2D eigenvalue weighted by Gasteiger charge is -2.12. The van der Waals surface area contributed by atoms with Crippen LogP contribution in [0.25, 0.3) is 0 Å². The maximum absolute atomic E-state index is 5.81. The molecule has 0 saturated heterocycles. The predicted octanol–water partition coefficient (Wildman–Crippen LogP) is 1.94. The number of hydroxylamine groups is 1. The third kappa shape index (κ3) is 7.32. The Morgan fingerprint density at radius 3 is 2.54 bits per heavy atom. The van der Waals surface area contributed by atoms with Gasteiger partial charge >= 0.3 is 0 Å². The van der Waals surface area contributed by atoms with Crippen molar-refractivity contribution in [3.8, 4) is 5.75 Å². The van der Waals surface area contributed by atoms with E-state index in [0.29, 0.717) is 19.6 Å². The zero-order valence-electron chi connectivity index (χ0n) is 15.2. The predicted molar refractivity (Wildman–Crippen MR) is 98.2 cm³/mol. The minimum absolute atomic E-state index is 0.0633. The molecule has 1 aromatic carbocycles. The summed E-state index contributed by atoms with van der Waals surface area (Å²) in [6.45, 7) is 11.0. The van der Waals surface area contributed by atoms with E-state index in [1.807, 2.05) is 19.9 Å². The van der Waals surface area contributed by atoms with Crippen molar-refractivity contribution in [1.29, 1.82) is 0 Å². The Morgan fingerprint density at radius 1 is 1.17 bits per heavy atom. The Hall–Kier alpha value is -2.28. The van der Waals surface area contributed by atoms with E-state index >= 15 is 0 Å². The standard InChI is InChI=1S/C17H29N5O2/c1-11(2)20-16(18)21-17(19)22-24-8-6-7-23-15-10-12(3)9-13(4)14(15)5/h9-11H,6-8H2,1-5H3,(H5,18,19,20,21,22). The molecule has 0 fully saturated rings. The van der Waals surface area contributed by atoms with Crippen LogP contribution in [0.2, 0.25) is 0 Å². The second-order valence-corrected chi connectivity index (χ2v) is 5.94. The number of guanidine groups is 2. The lowest BCUT2D eigenvalue weighted by atomic mass is 10.1. The highest BCUT2D eigenvalue weighted by Gasteiger charge is 2.04. The van der Waals surface area contributed by atoms with Crippen molar-refractivity contribution in [2.75, 3.05) is 13.2 Å². The first-order chi connectivity index (χ1) is 11.3. The quantitative estimate of drug-likeness (QED) is 0.305. The minimum atomic E-state index is 0.0633. The molecule has 0 atom stereocenters. The second-order valence-electron chi connectivity index (χ2n) is 5.94. The van der Waals surface area contributed by atoms with E-state index < -0.39 is 0 Å². The van der Waals surface area contributed by atoms with Gasteiger partial charge in [0.05, 0.1) is 13.2 Å². The summed E-state index contributed by atoms with van der Waals surface area (Å²) in [6.07, 6.45) is 0.711. The van der Waals surface area contributed by atoms with Gasteiger partial charge < -0.3 is 16.2 Å². The summed E-state index contributed by atoms with van der Waals surface area (Å²) >= 11 is 0.